The lowest BCUT2D eigenvalue weighted by atomic mass is 10.1. The monoisotopic (exact) mass is 318 g/mol. The minimum Gasteiger partial charge on any atom is -0.477 e. The van der Waals surface area contributed by atoms with Gasteiger partial charge in [-0.3, -0.25) is 4.98 Å². The fraction of sp³-hybridized carbons (Fsp3) is 0.111. The van der Waals surface area contributed by atoms with Gasteiger partial charge < -0.3 is 5.11 Å². The minimum atomic E-state index is -1.04. The van der Waals surface area contributed by atoms with E-state index in [0.29, 0.717) is 12.1 Å². The second-order valence-electron chi connectivity index (χ2n) is 5.50. The summed E-state index contributed by atoms with van der Waals surface area (Å²) in [5.74, 6) is -1.04. The first-order valence-corrected chi connectivity index (χ1v) is 7.64. The average Bonchev–Trinajstić information content (AvgIpc) is 3.04. The van der Waals surface area contributed by atoms with Crippen LogP contribution in [0.5, 0.6) is 0 Å². The van der Waals surface area contributed by atoms with Gasteiger partial charge in [0.15, 0.2) is 11.3 Å². The van der Waals surface area contributed by atoms with E-state index in [2.05, 4.69) is 15.1 Å². The molecular formula is C18H14N4O2. The molecule has 3 aromatic heterocycles. The van der Waals surface area contributed by atoms with E-state index in [9.17, 15) is 9.90 Å². The van der Waals surface area contributed by atoms with Gasteiger partial charge in [0, 0.05) is 28.9 Å². The molecule has 0 unspecified atom stereocenters. The molecule has 3 heterocycles. The van der Waals surface area contributed by atoms with Gasteiger partial charge in [-0.2, -0.15) is 5.10 Å². The summed E-state index contributed by atoms with van der Waals surface area (Å²) < 4.78 is 1.70. The number of aromatic nitrogens is 4. The number of fused-ring (bicyclic) bond motifs is 2. The largest absolute Gasteiger partial charge is 0.477 e. The number of nitrogens with zero attached hydrogens (tertiary/aromatic N) is 4. The van der Waals surface area contributed by atoms with Crippen molar-refractivity contribution in [1.29, 1.82) is 0 Å². The number of carboxylic acid groups (broad SMARTS) is 1. The van der Waals surface area contributed by atoms with Crippen LogP contribution in [0.4, 0.5) is 0 Å². The van der Waals surface area contributed by atoms with E-state index < -0.39 is 5.97 Å². The lowest BCUT2D eigenvalue weighted by molar-refractivity contribution is 0.0690. The summed E-state index contributed by atoms with van der Waals surface area (Å²) >= 11 is 0. The van der Waals surface area contributed by atoms with E-state index in [1.807, 2.05) is 43.3 Å². The predicted octanol–water partition coefficient (Wildman–Crippen LogP) is 3.21. The number of aromatic carboxylic acids is 1. The molecule has 0 saturated carbocycles. The molecule has 0 aliphatic heterocycles. The number of rotatable bonds is 3. The van der Waals surface area contributed by atoms with Gasteiger partial charge in [-0.15, -0.1) is 0 Å². The van der Waals surface area contributed by atoms with Gasteiger partial charge in [0.05, 0.1) is 11.2 Å². The van der Waals surface area contributed by atoms with E-state index in [1.165, 1.54) is 0 Å². The first kappa shape index (κ1) is 14.3. The second-order valence-corrected chi connectivity index (χ2v) is 5.50. The fourth-order valence-electron chi connectivity index (χ4n) is 2.77. The van der Waals surface area contributed by atoms with Crippen LogP contribution >= 0.6 is 0 Å². The van der Waals surface area contributed by atoms with Gasteiger partial charge in [0.1, 0.15) is 0 Å². The van der Waals surface area contributed by atoms with Gasteiger partial charge in [-0.1, -0.05) is 19.1 Å². The number of hydrogen-bond donors (Lipinski definition) is 1. The standard InChI is InChI=1S/C18H14N4O2/c1-2-13-9-16(18(23)24)20-17-10-15(21-22(13)17)12-5-6-14-11(8-12)4-3-7-19-14/h3-10H,2H2,1H3,(H,23,24). The third kappa shape index (κ3) is 2.28. The first-order valence-electron chi connectivity index (χ1n) is 7.64. The molecule has 0 aliphatic carbocycles. The molecular weight excluding hydrogens is 304 g/mol. The molecule has 1 N–H and O–H groups in total. The van der Waals surface area contributed by atoms with Gasteiger partial charge >= 0.3 is 5.97 Å². The molecule has 6 heteroatoms. The molecule has 0 fully saturated rings. The Kier molecular flexibility index (Phi) is 3.23. The number of carboxylic acids is 1. The van der Waals surface area contributed by atoms with E-state index in [0.717, 1.165) is 27.9 Å². The first-order chi connectivity index (χ1) is 11.7. The molecule has 0 aliphatic rings. The highest BCUT2D eigenvalue weighted by Gasteiger charge is 2.13. The number of benzene rings is 1. The van der Waals surface area contributed by atoms with Gasteiger partial charge in [0.25, 0.3) is 0 Å². The van der Waals surface area contributed by atoms with Crippen LogP contribution in [0.15, 0.2) is 48.7 Å². The minimum absolute atomic E-state index is 0.0357. The molecule has 0 spiro atoms. The van der Waals surface area contributed by atoms with Crippen LogP contribution in [0.1, 0.15) is 23.1 Å². The maximum absolute atomic E-state index is 11.2. The van der Waals surface area contributed by atoms with Crippen molar-refractivity contribution < 1.29 is 9.90 Å². The predicted molar refractivity (Wildman–Crippen MR) is 90.1 cm³/mol. The zero-order valence-electron chi connectivity index (χ0n) is 13.0. The topological polar surface area (TPSA) is 80.4 Å². The van der Waals surface area contributed by atoms with Gasteiger partial charge in [-0.05, 0) is 30.7 Å². The lowest BCUT2D eigenvalue weighted by Crippen LogP contribution is -2.06. The highest BCUT2D eigenvalue weighted by atomic mass is 16.4. The Morgan fingerprint density at radius 2 is 2.08 bits per heavy atom. The van der Waals surface area contributed by atoms with Crippen molar-refractivity contribution in [3.8, 4) is 11.3 Å². The molecule has 1 aromatic carbocycles. The molecule has 118 valence electrons. The van der Waals surface area contributed by atoms with Crippen LogP contribution in [0.25, 0.3) is 27.8 Å². The smallest absolute Gasteiger partial charge is 0.354 e. The molecule has 4 aromatic rings. The Balaban J connectivity index is 1.91. The number of hydrogen-bond acceptors (Lipinski definition) is 4. The van der Waals surface area contributed by atoms with Crippen LogP contribution in [0.3, 0.4) is 0 Å². The highest BCUT2D eigenvalue weighted by Crippen LogP contribution is 2.24. The normalized spacial score (nSPS) is 11.2. The molecule has 0 atom stereocenters. The second kappa shape index (κ2) is 5.42. The third-order valence-electron chi connectivity index (χ3n) is 3.98. The van der Waals surface area contributed by atoms with Crippen molar-refractivity contribution in [3.05, 3.63) is 60.0 Å². The van der Waals surface area contributed by atoms with Crippen LogP contribution in [-0.2, 0) is 6.42 Å². The van der Waals surface area contributed by atoms with Crippen molar-refractivity contribution >= 4 is 22.5 Å². The van der Waals surface area contributed by atoms with Gasteiger partial charge in [-0.25, -0.2) is 14.3 Å². The zero-order valence-corrected chi connectivity index (χ0v) is 13.0. The summed E-state index contributed by atoms with van der Waals surface area (Å²) in [5, 5.41) is 14.8. The van der Waals surface area contributed by atoms with E-state index in [1.54, 1.807) is 16.8 Å². The number of aryl methyl sites for hydroxylation is 1. The van der Waals surface area contributed by atoms with Crippen LogP contribution in [0, 0.1) is 0 Å². The number of pyridine rings is 1. The maximum Gasteiger partial charge on any atom is 0.354 e. The Morgan fingerprint density at radius 3 is 2.88 bits per heavy atom. The van der Waals surface area contributed by atoms with Crippen molar-refractivity contribution in [2.75, 3.05) is 0 Å². The van der Waals surface area contributed by atoms with Crippen molar-refractivity contribution in [2.45, 2.75) is 13.3 Å². The molecule has 0 bridgehead atoms. The summed E-state index contributed by atoms with van der Waals surface area (Å²) in [6.45, 7) is 1.96. The van der Waals surface area contributed by atoms with Crippen LogP contribution in [-0.4, -0.2) is 30.7 Å². The summed E-state index contributed by atoms with van der Waals surface area (Å²) in [7, 11) is 0. The molecule has 0 amide bonds. The highest BCUT2D eigenvalue weighted by molar-refractivity contribution is 5.87. The van der Waals surface area contributed by atoms with Gasteiger partial charge in [0.2, 0.25) is 0 Å². The van der Waals surface area contributed by atoms with Crippen molar-refractivity contribution in [1.82, 2.24) is 19.6 Å². The summed E-state index contributed by atoms with van der Waals surface area (Å²) in [5.41, 5.74) is 4.00. The Bertz CT molecular complexity index is 1080. The van der Waals surface area contributed by atoms with E-state index >= 15 is 0 Å². The Morgan fingerprint density at radius 1 is 1.21 bits per heavy atom. The molecule has 6 nitrogen and oxygen atoms in total. The summed E-state index contributed by atoms with van der Waals surface area (Å²) in [6, 6.07) is 13.2. The molecule has 4 rings (SSSR count). The molecule has 24 heavy (non-hydrogen) atoms. The quantitative estimate of drug-likeness (QED) is 0.627. The molecule has 0 saturated heterocycles. The Hall–Kier alpha value is -3.28. The fourth-order valence-corrected chi connectivity index (χ4v) is 2.77. The Labute approximate surface area is 137 Å². The summed E-state index contributed by atoms with van der Waals surface area (Å²) in [6.07, 6.45) is 2.43. The third-order valence-corrected chi connectivity index (χ3v) is 3.98. The number of carbonyl (C=O) groups is 1. The molecule has 0 radical (unpaired) electrons. The van der Waals surface area contributed by atoms with E-state index in [-0.39, 0.29) is 5.69 Å². The van der Waals surface area contributed by atoms with Crippen molar-refractivity contribution in [2.24, 2.45) is 0 Å². The lowest BCUT2D eigenvalue weighted by Gasteiger charge is -2.03. The van der Waals surface area contributed by atoms with Crippen molar-refractivity contribution in [3.63, 3.8) is 0 Å². The van der Waals surface area contributed by atoms with E-state index in [4.69, 9.17) is 0 Å². The zero-order chi connectivity index (χ0) is 16.7. The summed E-state index contributed by atoms with van der Waals surface area (Å²) in [4.78, 5) is 19.7. The SMILES string of the molecule is CCc1cc(C(=O)O)nc2cc(-c3ccc4ncccc4c3)nn12. The van der Waals surface area contributed by atoms with Crippen LogP contribution < -0.4 is 0 Å². The van der Waals surface area contributed by atoms with Crippen LogP contribution in [0.2, 0.25) is 0 Å². The average molecular weight is 318 g/mol. The maximum atomic E-state index is 11.2.